The number of amides is 1. The van der Waals surface area contributed by atoms with Gasteiger partial charge >= 0.3 is 12.1 Å². The molecule has 4 heterocycles. The topological polar surface area (TPSA) is 77.1 Å². The lowest BCUT2D eigenvalue weighted by atomic mass is 9.98. The summed E-state index contributed by atoms with van der Waals surface area (Å²) in [5.41, 5.74) is 1.13. The molecule has 3 aromatic heterocycles. The summed E-state index contributed by atoms with van der Waals surface area (Å²) in [5.74, 6) is -2.10. The molecule has 0 spiro atoms. The fraction of sp³-hybridized carbons (Fsp3) is 0.412. The highest BCUT2D eigenvalue weighted by Crippen LogP contribution is 2.32. The molecule has 7 nitrogen and oxygen atoms in total. The van der Waals surface area contributed by atoms with Gasteiger partial charge in [-0.05, 0) is 30.4 Å². The van der Waals surface area contributed by atoms with Crippen molar-refractivity contribution in [3.63, 3.8) is 0 Å². The van der Waals surface area contributed by atoms with Crippen molar-refractivity contribution in [2.75, 3.05) is 13.1 Å². The van der Waals surface area contributed by atoms with E-state index in [2.05, 4.69) is 15.3 Å². The molecule has 1 atom stereocenters. The molecular formula is C17H16F3N5O2S. The van der Waals surface area contributed by atoms with Crippen LogP contribution in [-0.2, 0) is 13.2 Å². The SMILES string of the molecule is Cn1nc(-c2cccs2)cc1C(=O)N1CCC[C@@H](c2nnc(C(F)(F)F)o2)C1. The van der Waals surface area contributed by atoms with E-state index in [0.29, 0.717) is 30.8 Å². The molecule has 0 radical (unpaired) electrons. The van der Waals surface area contributed by atoms with Crippen molar-refractivity contribution in [2.45, 2.75) is 24.9 Å². The van der Waals surface area contributed by atoms with Crippen LogP contribution in [-0.4, -0.2) is 43.9 Å². The highest BCUT2D eigenvalue weighted by atomic mass is 32.1. The second-order valence-corrected chi connectivity index (χ2v) is 7.50. The Morgan fingerprint density at radius 2 is 2.18 bits per heavy atom. The molecule has 3 aromatic rings. The van der Waals surface area contributed by atoms with Gasteiger partial charge in [0.05, 0.1) is 10.8 Å². The molecule has 0 aromatic carbocycles. The maximum absolute atomic E-state index is 13.0. The van der Waals surface area contributed by atoms with Gasteiger partial charge in [0.15, 0.2) is 0 Å². The Bertz CT molecular complexity index is 979. The second-order valence-electron chi connectivity index (χ2n) is 6.55. The van der Waals surface area contributed by atoms with E-state index in [1.165, 1.54) is 16.0 Å². The van der Waals surface area contributed by atoms with Gasteiger partial charge in [-0.25, -0.2) is 0 Å². The van der Waals surface area contributed by atoms with Crippen LogP contribution in [0, 0.1) is 0 Å². The predicted molar refractivity (Wildman–Crippen MR) is 93.7 cm³/mol. The maximum atomic E-state index is 13.0. The first-order valence-electron chi connectivity index (χ1n) is 8.60. The van der Waals surface area contributed by atoms with E-state index in [1.807, 2.05) is 17.5 Å². The number of piperidine rings is 1. The zero-order valence-corrected chi connectivity index (χ0v) is 15.6. The number of aryl methyl sites for hydroxylation is 1. The predicted octanol–water partition coefficient (Wildman–Crippen LogP) is 3.57. The van der Waals surface area contributed by atoms with E-state index < -0.39 is 18.0 Å². The number of nitrogens with zero attached hydrogens (tertiary/aromatic N) is 5. The number of thiophene rings is 1. The number of carbonyl (C=O) groups excluding carboxylic acids is 1. The van der Waals surface area contributed by atoms with Crippen LogP contribution >= 0.6 is 11.3 Å². The molecule has 11 heteroatoms. The average molecular weight is 411 g/mol. The van der Waals surface area contributed by atoms with E-state index in [0.717, 1.165) is 4.88 Å². The normalized spacial score (nSPS) is 17.9. The van der Waals surface area contributed by atoms with Crippen molar-refractivity contribution in [3.05, 3.63) is 41.1 Å². The molecule has 0 unspecified atom stereocenters. The van der Waals surface area contributed by atoms with Gasteiger partial charge in [-0.1, -0.05) is 6.07 Å². The first-order chi connectivity index (χ1) is 13.3. The van der Waals surface area contributed by atoms with Crippen molar-refractivity contribution in [1.29, 1.82) is 0 Å². The van der Waals surface area contributed by atoms with Gasteiger partial charge in [-0.2, -0.15) is 18.3 Å². The first kappa shape index (κ1) is 18.7. The van der Waals surface area contributed by atoms with E-state index in [1.54, 1.807) is 18.0 Å². The van der Waals surface area contributed by atoms with Gasteiger partial charge in [-0.3, -0.25) is 9.48 Å². The third-order valence-corrected chi connectivity index (χ3v) is 5.51. The van der Waals surface area contributed by atoms with E-state index >= 15 is 0 Å². The highest BCUT2D eigenvalue weighted by molar-refractivity contribution is 7.13. The van der Waals surface area contributed by atoms with E-state index in [9.17, 15) is 18.0 Å². The Balaban J connectivity index is 1.52. The van der Waals surface area contributed by atoms with Gasteiger partial charge in [0.2, 0.25) is 5.89 Å². The number of alkyl halides is 3. The molecule has 1 saturated heterocycles. The van der Waals surface area contributed by atoms with Gasteiger partial charge in [0.1, 0.15) is 11.4 Å². The van der Waals surface area contributed by atoms with Crippen molar-refractivity contribution in [3.8, 4) is 10.6 Å². The minimum Gasteiger partial charge on any atom is -0.417 e. The molecule has 0 aliphatic carbocycles. The van der Waals surface area contributed by atoms with Gasteiger partial charge in [0, 0.05) is 20.1 Å². The fourth-order valence-electron chi connectivity index (χ4n) is 3.25. The molecule has 1 amide bonds. The summed E-state index contributed by atoms with van der Waals surface area (Å²) >= 11 is 1.53. The minimum absolute atomic E-state index is 0.0888. The van der Waals surface area contributed by atoms with Crippen LogP contribution in [0.3, 0.4) is 0 Å². The maximum Gasteiger partial charge on any atom is 0.470 e. The molecule has 148 valence electrons. The third-order valence-electron chi connectivity index (χ3n) is 4.61. The summed E-state index contributed by atoms with van der Waals surface area (Å²) < 4.78 is 44.4. The van der Waals surface area contributed by atoms with Crippen LogP contribution in [0.4, 0.5) is 13.2 Å². The van der Waals surface area contributed by atoms with E-state index in [-0.39, 0.29) is 18.3 Å². The summed E-state index contributed by atoms with van der Waals surface area (Å²) in [6.45, 7) is 0.729. The number of hydrogen-bond donors (Lipinski definition) is 0. The quantitative estimate of drug-likeness (QED) is 0.659. The number of rotatable bonds is 3. The molecule has 0 bridgehead atoms. The molecule has 1 fully saturated rings. The van der Waals surface area contributed by atoms with Crippen LogP contribution in [0.1, 0.15) is 41.0 Å². The van der Waals surface area contributed by atoms with Crippen LogP contribution in [0.5, 0.6) is 0 Å². The largest absolute Gasteiger partial charge is 0.470 e. The molecule has 0 saturated carbocycles. The zero-order chi connectivity index (χ0) is 19.9. The van der Waals surface area contributed by atoms with E-state index in [4.69, 9.17) is 4.42 Å². The van der Waals surface area contributed by atoms with Crippen molar-refractivity contribution in [2.24, 2.45) is 7.05 Å². The van der Waals surface area contributed by atoms with Crippen molar-refractivity contribution >= 4 is 17.2 Å². The standard InChI is InChI=1S/C17H16F3N5O2S/c1-24-12(8-11(23-24)13-5-3-7-28-13)15(26)25-6-2-4-10(9-25)14-21-22-16(27-14)17(18,19)20/h3,5,7-8,10H,2,4,6,9H2,1H3/t10-/m1/s1. The van der Waals surface area contributed by atoms with Gasteiger partial charge in [0.25, 0.3) is 5.91 Å². The number of hydrogen-bond acceptors (Lipinski definition) is 6. The zero-order valence-electron chi connectivity index (χ0n) is 14.8. The summed E-state index contributed by atoms with van der Waals surface area (Å²) in [4.78, 5) is 15.5. The molecule has 1 aliphatic rings. The molecule has 28 heavy (non-hydrogen) atoms. The number of aromatic nitrogens is 4. The lowest BCUT2D eigenvalue weighted by molar-refractivity contribution is -0.157. The molecule has 1 aliphatic heterocycles. The Hall–Kier alpha value is -2.69. The monoisotopic (exact) mass is 411 g/mol. The summed E-state index contributed by atoms with van der Waals surface area (Å²) in [6.07, 6.45) is -3.47. The summed E-state index contributed by atoms with van der Waals surface area (Å²) in [5, 5.41) is 12.9. The first-order valence-corrected chi connectivity index (χ1v) is 9.48. The van der Waals surface area contributed by atoms with Crippen molar-refractivity contribution in [1.82, 2.24) is 24.9 Å². The van der Waals surface area contributed by atoms with Crippen molar-refractivity contribution < 1.29 is 22.4 Å². The Labute approximate surface area is 161 Å². The Morgan fingerprint density at radius 1 is 1.36 bits per heavy atom. The van der Waals surface area contributed by atoms with Crippen LogP contribution in [0.15, 0.2) is 28.0 Å². The van der Waals surface area contributed by atoms with Crippen LogP contribution in [0.25, 0.3) is 10.6 Å². The lowest BCUT2D eigenvalue weighted by Crippen LogP contribution is -2.40. The van der Waals surface area contributed by atoms with Crippen LogP contribution in [0.2, 0.25) is 0 Å². The highest BCUT2D eigenvalue weighted by Gasteiger charge is 2.39. The number of likely N-dealkylation sites (tertiary alicyclic amines) is 1. The summed E-state index contributed by atoms with van der Waals surface area (Å²) in [7, 11) is 1.69. The minimum atomic E-state index is -4.68. The third kappa shape index (κ3) is 3.53. The van der Waals surface area contributed by atoms with Crippen LogP contribution < -0.4 is 0 Å². The fourth-order valence-corrected chi connectivity index (χ4v) is 3.93. The molecular weight excluding hydrogens is 395 g/mol. The number of carbonyl (C=O) groups is 1. The molecule has 0 N–H and O–H groups in total. The van der Waals surface area contributed by atoms with Gasteiger partial charge < -0.3 is 9.32 Å². The number of halogens is 3. The lowest BCUT2D eigenvalue weighted by Gasteiger charge is -2.31. The smallest absolute Gasteiger partial charge is 0.417 e. The Morgan fingerprint density at radius 3 is 2.86 bits per heavy atom. The Kier molecular flexibility index (Phi) is 4.69. The second kappa shape index (κ2) is 7.04. The van der Waals surface area contributed by atoms with Gasteiger partial charge in [-0.15, -0.1) is 21.5 Å². The summed E-state index contributed by atoms with van der Waals surface area (Å²) in [6, 6.07) is 5.56. The average Bonchev–Trinajstić information content (AvgIpc) is 3.40. The molecule has 4 rings (SSSR count).